The topological polar surface area (TPSA) is 67.2 Å². The van der Waals surface area contributed by atoms with E-state index in [1.165, 1.54) is 0 Å². The van der Waals surface area contributed by atoms with Crippen molar-refractivity contribution < 1.29 is 9.59 Å². The van der Waals surface area contributed by atoms with E-state index in [0.29, 0.717) is 12.0 Å². The molecule has 0 aliphatic carbocycles. The van der Waals surface area contributed by atoms with E-state index in [9.17, 15) is 9.59 Å². The number of rotatable bonds is 3. The summed E-state index contributed by atoms with van der Waals surface area (Å²) in [4.78, 5) is 30.5. The molecule has 6 nitrogen and oxygen atoms in total. The number of para-hydroxylation sites is 2. The van der Waals surface area contributed by atoms with Crippen LogP contribution in [0.15, 0.2) is 54.9 Å². The molecule has 4 rings (SSSR count). The van der Waals surface area contributed by atoms with Crippen molar-refractivity contribution in [2.24, 2.45) is 0 Å². The van der Waals surface area contributed by atoms with Crippen LogP contribution >= 0.6 is 0 Å². The van der Waals surface area contributed by atoms with Crippen molar-refractivity contribution in [1.29, 1.82) is 0 Å². The Morgan fingerprint density at radius 2 is 1.84 bits per heavy atom. The number of imidazole rings is 1. The van der Waals surface area contributed by atoms with Gasteiger partial charge in [-0.2, -0.15) is 0 Å². The molecule has 1 aliphatic rings. The predicted octanol–water partition coefficient (Wildman–Crippen LogP) is 2.94. The number of fused-ring (bicyclic) bond motifs is 1. The second-order valence-corrected chi connectivity index (χ2v) is 6.09. The number of carbonyl (C=O) groups excluding carboxylic acids is 2. The highest BCUT2D eigenvalue weighted by Crippen LogP contribution is 2.21. The summed E-state index contributed by atoms with van der Waals surface area (Å²) >= 11 is 0. The monoisotopic (exact) mass is 334 g/mol. The number of hydrogen-bond acceptors (Lipinski definition) is 3. The van der Waals surface area contributed by atoms with E-state index in [1.54, 1.807) is 28.0 Å². The number of aromatic nitrogens is 2. The van der Waals surface area contributed by atoms with Gasteiger partial charge in [0, 0.05) is 24.2 Å². The molecule has 2 aromatic carbocycles. The second-order valence-electron chi connectivity index (χ2n) is 6.09. The highest BCUT2D eigenvalue weighted by atomic mass is 16.2. The Kier molecular flexibility index (Phi) is 3.93. The molecular formula is C19H18N4O2. The fourth-order valence-electron chi connectivity index (χ4n) is 3.09. The lowest BCUT2D eigenvalue weighted by Crippen LogP contribution is -2.35. The SMILES string of the molecule is O=C(Nn1cnc2ccccc21)c1ccc(N2CCCCC2=O)cc1. The fraction of sp³-hybridized carbons (Fsp3) is 0.211. The van der Waals surface area contributed by atoms with Crippen molar-refractivity contribution in [3.8, 4) is 0 Å². The van der Waals surface area contributed by atoms with Crippen LogP contribution in [0.3, 0.4) is 0 Å². The Labute approximate surface area is 145 Å². The zero-order valence-corrected chi connectivity index (χ0v) is 13.7. The molecular weight excluding hydrogens is 316 g/mol. The first-order chi connectivity index (χ1) is 12.2. The van der Waals surface area contributed by atoms with E-state index in [1.807, 2.05) is 36.4 Å². The van der Waals surface area contributed by atoms with Gasteiger partial charge >= 0.3 is 0 Å². The normalized spacial score (nSPS) is 14.7. The average Bonchev–Trinajstić information content (AvgIpc) is 3.05. The lowest BCUT2D eigenvalue weighted by molar-refractivity contribution is -0.119. The highest BCUT2D eigenvalue weighted by molar-refractivity contribution is 6.01. The summed E-state index contributed by atoms with van der Waals surface area (Å²) in [5.41, 5.74) is 5.86. The minimum Gasteiger partial charge on any atom is -0.312 e. The van der Waals surface area contributed by atoms with Crippen LogP contribution in [0.25, 0.3) is 11.0 Å². The largest absolute Gasteiger partial charge is 0.312 e. The Balaban J connectivity index is 1.51. The lowest BCUT2D eigenvalue weighted by atomic mass is 10.1. The molecule has 25 heavy (non-hydrogen) atoms. The van der Waals surface area contributed by atoms with Gasteiger partial charge in [-0.25, -0.2) is 9.66 Å². The molecule has 0 radical (unpaired) electrons. The third kappa shape index (κ3) is 2.98. The minimum absolute atomic E-state index is 0.147. The van der Waals surface area contributed by atoms with Gasteiger partial charge in [0.05, 0.1) is 11.0 Å². The van der Waals surface area contributed by atoms with Gasteiger partial charge in [-0.3, -0.25) is 15.0 Å². The Morgan fingerprint density at radius 1 is 1.04 bits per heavy atom. The molecule has 1 fully saturated rings. The first-order valence-corrected chi connectivity index (χ1v) is 8.36. The summed E-state index contributed by atoms with van der Waals surface area (Å²) in [5.74, 6) is -0.0759. The van der Waals surface area contributed by atoms with E-state index in [2.05, 4.69) is 10.4 Å². The van der Waals surface area contributed by atoms with Gasteiger partial charge in [-0.1, -0.05) is 12.1 Å². The number of amides is 2. The van der Waals surface area contributed by atoms with Crippen LogP contribution < -0.4 is 10.3 Å². The molecule has 1 N–H and O–H groups in total. The number of benzene rings is 2. The molecule has 3 aromatic rings. The van der Waals surface area contributed by atoms with Crippen molar-refractivity contribution in [1.82, 2.24) is 9.66 Å². The van der Waals surface area contributed by atoms with Crippen molar-refractivity contribution in [2.45, 2.75) is 19.3 Å². The molecule has 0 unspecified atom stereocenters. The molecule has 0 saturated carbocycles. The average molecular weight is 334 g/mol. The first kappa shape index (κ1) is 15.4. The van der Waals surface area contributed by atoms with Crippen LogP contribution in [0.1, 0.15) is 29.6 Å². The van der Waals surface area contributed by atoms with Gasteiger partial charge in [0.1, 0.15) is 6.33 Å². The first-order valence-electron chi connectivity index (χ1n) is 8.36. The molecule has 126 valence electrons. The zero-order chi connectivity index (χ0) is 17.2. The summed E-state index contributed by atoms with van der Waals surface area (Å²) in [5, 5.41) is 0. The van der Waals surface area contributed by atoms with Crippen LogP contribution in [0.2, 0.25) is 0 Å². The Hall–Kier alpha value is -3.15. The summed E-state index contributed by atoms with van der Waals surface area (Å²) in [7, 11) is 0. The standard InChI is InChI=1S/C19H18N4O2/c24-18-7-3-4-12-22(18)15-10-8-14(9-11-15)19(25)21-23-13-20-16-5-1-2-6-17(16)23/h1-2,5-6,8-11,13H,3-4,7,12H2,(H,21,25). The zero-order valence-electron chi connectivity index (χ0n) is 13.7. The predicted molar refractivity (Wildman–Crippen MR) is 96.1 cm³/mol. The molecule has 0 atom stereocenters. The highest BCUT2D eigenvalue weighted by Gasteiger charge is 2.19. The van der Waals surface area contributed by atoms with Crippen molar-refractivity contribution in [2.75, 3.05) is 16.9 Å². The van der Waals surface area contributed by atoms with Crippen LogP contribution in [-0.4, -0.2) is 28.0 Å². The van der Waals surface area contributed by atoms with Gasteiger partial charge in [-0.05, 0) is 49.2 Å². The van der Waals surface area contributed by atoms with Crippen LogP contribution in [0.4, 0.5) is 5.69 Å². The van der Waals surface area contributed by atoms with E-state index >= 15 is 0 Å². The van der Waals surface area contributed by atoms with Gasteiger partial charge in [-0.15, -0.1) is 0 Å². The van der Waals surface area contributed by atoms with Crippen LogP contribution in [0.5, 0.6) is 0 Å². The summed E-state index contributed by atoms with van der Waals surface area (Å²) < 4.78 is 1.61. The van der Waals surface area contributed by atoms with Crippen molar-refractivity contribution in [3.05, 3.63) is 60.4 Å². The maximum absolute atomic E-state index is 12.5. The molecule has 1 saturated heterocycles. The van der Waals surface area contributed by atoms with E-state index in [-0.39, 0.29) is 11.8 Å². The third-order valence-electron chi connectivity index (χ3n) is 4.44. The number of nitrogens with one attached hydrogen (secondary N) is 1. The third-order valence-corrected chi connectivity index (χ3v) is 4.44. The van der Waals surface area contributed by atoms with E-state index in [4.69, 9.17) is 0 Å². The van der Waals surface area contributed by atoms with E-state index < -0.39 is 0 Å². The summed E-state index contributed by atoms with van der Waals surface area (Å²) in [6.45, 7) is 0.741. The maximum atomic E-state index is 12.5. The van der Waals surface area contributed by atoms with E-state index in [0.717, 1.165) is 36.1 Å². The molecule has 2 amide bonds. The number of carbonyl (C=O) groups is 2. The molecule has 0 bridgehead atoms. The summed E-state index contributed by atoms with van der Waals surface area (Å²) in [6, 6.07) is 14.7. The molecule has 2 heterocycles. The quantitative estimate of drug-likeness (QED) is 0.801. The fourth-order valence-corrected chi connectivity index (χ4v) is 3.09. The molecule has 6 heteroatoms. The van der Waals surface area contributed by atoms with Gasteiger partial charge in [0.15, 0.2) is 0 Å². The Bertz CT molecular complexity index is 930. The minimum atomic E-state index is -0.223. The molecule has 0 spiro atoms. The number of anilines is 1. The number of piperidine rings is 1. The molecule has 1 aromatic heterocycles. The van der Waals surface area contributed by atoms with Gasteiger partial charge in [0.2, 0.25) is 5.91 Å². The lowest BCUT2D eigenvalue weighted by Gasteiger charge is -2.26. The Morgan fingerprint density at radius 3 is 2.64 bits per heavy atom. The molecule has 1 aliphatic heterocycles. The van der Waals surface area contributed by atoms with Crippen LogP contribution in [0, 0.1) is 0 Å². The maximum Gasteiger partial charge on any atom is 0.270 e. The van der Waals surface area contributed by atoms with Gasteiger partial charge in [0.25, 0.3) is 5.91 Å². The number of hydrogen-bond donors (Lipinski definition) is 1. The number of nitrogens with zero attached hydrogens (tertiary/aromatic N) is 3. The second kappa shape index (κ2) is 6.39. The smallest absolute Gasteiger partial charge is 0.270 e. The van der Waals surface area contributed by atoms with Gasteiger partial charge < -0.3 is 4.90 Å². The van der Waals surface area contributed by atoms with Crippen molar-refractivity contribution >= 4 is 28.5 Å². The summed E-state index contributed by atoms with van der Waals surface area (Å²) in [6.07, 6.45) is 4.15. The van der Waals surface area contributed by atoms with Crippen molar-refractivity contribution in [3.63, 3.8) is 0 Å². The van der Waals surface area contributed by atoms with Crippen LogP contribution in [-0.2, 0) is 4.79 Å².